The van der Waals surface area contributed by atoms with Crippen LogP contribution in [0.1, 0.15) is 41.3 Å². The van der Waals surface area contributed by atoms with Gasteiger partial charge in [0, 0.05) is 19.0 Å². The number of carbonyl (C=O) groups is 2. The quantitative estimate of drug-likeness (QED) is 0.799. The summed E-state index contributed by atoms with van der Waals surface area (Å²) in [6, 6.07) is 0. The van der Waals surface area contributed by atoms with Crippen LogP contribution in [-0.4, -0.2) is 34.8 Å². The van der Waals surface area contributed by atoms with Crippen LogP contribution in [0.5, 0.6) is 0 Å². The van der Waals surface area contributed by atoms with E-state index in [1.807, 2.05) is 18.7 Å². The van der Waals surface area contributed by atoms with Crippen molar-refractivity contribution in [2.75, 3.05) is 13.1 Å². The minimum atomic E-state index is -0.182. The zero-order valence-corrected chi connectivity index (χ0v) is 13.9. The first kappa shape index (κ1) is 15.5. The van der Waals surface area contributed by atoms with Gasteiger partial charge in [-0.25, -0.2) is 4.98 Å². The molecule has 5 nitrogen and oxygen atoms in total. The van der Waals surface area contributed by atoms with Crippen LogP contribution in [-0.2, 0) is 20.9 Å². The van der Waals surface area contributed by atoms with E-state index in [4.69, 9.17) is 4.74 Å². The van der Waals surface area contributed by atoms with Gasteiger partial charge in [0.25, 0.3) is 0 Å². The zero-order chi connectivity index (χ0) is 15.7. The summed E-state index contributed by atoms with van der Waals surface area (Å²) in [5.41, 5.74) is 0.935. The third-order valence-corrected chi connectivity index (χ3v) is 5.38. The van der Waals surface area contributed by atoms with Crippen LogP contribution in [0, 0.1) is 25.7 Å². The lowest BCUT2D eigenvalue weighted by Gasteiger charge is -2.31. The molecule has 6 heteroatoms. The molecule has 3 rings (SSSR count). The zero-order valence-electron chi connectivity index (χ0n) is 13.1. The molecule has 1 saturated heterocycles. The third-order valence-electron chi connectivity index (χ3n) is 4.34. The summed E-state index contributed by atoms with van der Waals surface area (Å²) in [7, 11) is 0. The number of nitrogens with zero attached hydrogens (tertiary/aromatic N) is 2. The Morgan fingerprint density at radius 3 is 2.68 bits per heavy atom. The first-order valence-electron chi connectivity index (χ1n) is 7.93. The molecule has 0 spiro atoms. The number of thiazole rings is 1. The molecule has 1 atom stereocenters. The van der Waals surface area contributed by atoms with Gasteiger partial charge >= 0.3 is 5.97 Å². The maximum atomic E-state index is 12.3. The first-order valence-corrected chi connectivity index (χ1v) is 8.74. The highest BCUT2D eigenvalue weighted by molar-refractivity contribution is 7.11. The standard InChI is InChI=1S/C16H22N2O3S/c1-10-14(22-11(2)17-10)9-21-16(20)13-4-3-7-18(8-13)15(19)12-5-6-12/h12-13H,3-9H2,1-2H3/t13-/m1/s1. The van der Waals surface area contributed by atoms with Crippen molar-refractivity contribution in [3.8, 4) is 0 Å². The van der Waals surface area contributed by atoms with Gasteiger partial charge in [0.1, 0.15) is 6.61 Å². The van der Waals surface area contributed by atoms with E-state index in [2.05, 4.69) is 4.98 Å². The Morgan fingerprint density at radius 2 is 2.05 bits per heavy atom. The molecule has 1 aromatic heterocycles. The molecular weight excluding hydrogens is 300 g/mol. The smallest absolute Gasteiger partial charge is 0.311 e. The molecule has 0 bridgehead atoms. The molecule has 0 unspecified atom stereocenters. The van der Waals surface area contributed by atoms with Crippen molar-refractivity contribution >= 4 is 23.2 Å². The van der Waals surface area contributed by atoms with Gasteiger partial charge in [0.05, 0.1) is 21.5 Å². The molecule has 120 valence electrons. The number of piperidine rings is 1. The molecule has 22 heavy (non-hydrogen) atoms. The van der Waals surface area contributed by atoms with Crippen LogP contribution in [0.3, 0.4) is 0 Å². The van der Waals surface area contributed by atoms with Gasteiger partial charge < -0.3 is 9.64 Å². The maximum absolute atomic E-state index is 12.3. The third kappa shape index (κ3) is 3.48. The van der Waals surface area contributed by atoms with Gasteiger partial charge in [-0.05, 0) is 39.5 Å². The highest BCUT2D eigenvalue weighted by Gasteiger charge is 2.37. The summed E-state index contributed by atoms with van der Waals surface area (Å²) >= 11 is 1.57. The second-order valence-electron chi connectivity index (χ2n) is 6.25. The van der Waals surface area contributed by atoms with E-state index in [-0.39, 0.29) is 23.7 Å². The molecule has 0 radical (unpaired) electrons. The summed E-state index contributed by atoms with van der Waals surface area (Å²) in [6.45, 7) is 5.49. The van der Waals surface area contributed by atoms with Crippen LogP contribution < -0.4 is 0 Å². The summed E-state index contributed by atoms with van der Waals surface area (Å²) in [4.78, 5) is 31.6. The fourth-order valence-electron chi connectivity index (χ4n) is 2.92. The van der Waals surface area contributed by atoms with Gasteiger partial charge in [-0.15, -0.1) is 11.3 Å². The topological polar surface area (TPSA) is 59.5 Å². The lowest BCUT2D eigenvalue weighted by molar-refractivity contribution is -0.153. The Kier molecular flexibility index (Phi) is 4.47. The number of rotatable bonds is 4. The maximum Gasteiger partial charge on any atom is 0.311 e. The Hall–Kier alpha value is -1.43. The number of aromatic nitrogens is 1. The Bertz CT molecular complexity index is 580. The number of esters is 1. The minimum Gasteiger partial charge on any atom is -0.460 e. The number of aryl methyl sites for hydroxylation is 2. The molecule has 2 fully saturated rings. The van der Waals surface area contributed by atoms with Crippen molar-refractivity contribution in [3.05, 3.63) is 15.6 Å². The summed E-state index contributed by atoms with van der Waals surface area (Å²) < 4.78 is 5.46. The van der Waals surface area contributed by atoms with Crippen molar-refractivity contribution in [2.24, 2.45) is 11.8 Å². The van der Waals surface area contributed by atoms with E-state index in [0.717, 1.165) is 47.8 Å². The number of ether oxygens (including phenoxy) is 1. The van der Waals surface area contributed by atoms with Gasteiger partial charge in [-0.1, -0.05) is 0 Å². The number of likely N-dealkylation sites (tertiary alicyclic amines) is 1. The van der Waals surface area contributed by atoms with Crippen LogP contribution in [0.15, 0.2) is 0 Å². The van der Waals surface area contributed by atoms with Crippen molar-refractivity contribution in [2.45, 2.75) is 46.1 Å². The number of hydrogen-bond acceptors (Lipinski definition) is 5. The van der Waals surface area contributed by atoms with Gasteiger partial charge in [0.2, 0.25) is 5.91 Å². The van der Waals surface area contributed by atoms with Crippen LogP contribution in [0.2, 0.25) is 0 Å². The monoisotopic (exact) mass is 322 g/mol. The van der Waals surface area contributed by atoms with E-state index in [1.54, 1.807) is 11.3 Å². The summed E-state index contributed by atoms with van der Waals surface area (Å²) in [6.07, 6.45) is 3.72. The second-order valence-corrected chi connectivity index (χ2v) is 7.53. The molecule has 1 aromatic rings. The van der Waals surface area contributed by atoms with Crippen molar-refractivity contribution in [1.82, 2.24) is 9.88 Å². The first-order chi connectivity index (χ1) is 10.5. The average Bonchev–Trinajstić information content (AvgIpc) is 3.30. The normalized spacial score (nSPS) is 21.7. The van der Waals surface area contributed by atoms with E-state index in [0.29, 0.717) is 13.2 Å². The predicted molar refractivity (Wildman–Crippen MR) is 83.4 cm³/mol. The number of amides is 1. The molecule has 0 N–H and O–H groups in total. The fourth-order valence-corrected chi connectivity index (χ4v) is 3.77. The molecule has 1 aliphatic heterocycles. The Labute approximate surface area is 134 Å². The van der Waals surface area contributed by atoms with E-state index >= 15 is 0 Å². The van der Waals surface area contributed by atoms with E-state index < -0.39 is 0 Å². The molecule has 1 saturated carbocycles. The van der Waals surface area contributed by atoms with E-state index in [9.17, 15) is 9.59 Å². The summed E-state index contributed by atoms with van der Waals surface area (Å²) in [5.74, 6) is 0.0912. The van der Waals surface area contributed by atoms with E-state index in [1.165, 1.54) is 0 Å². The fraction of sp³-hybridized carbons (Fsp3) is 0.688. The predicted octanol–water partition coefficient (Wildman–Crippen LogP) is 2.45. The lowest BCUT2D eigenvalue weighted by Crippen LogP contribution is -2.43. The van der Waals surface area contributed by atoms with Crippen molar-refractivity contribution in [3.63, 3.8) is 0 Å². The number of carbonyl (C=O) groups excluding carboxylic acids is 2. The Morgan fingerprint density at radius 1 is 1.27 bits per heavy atom. The van der Waals surface area contributed by atoms with Crippen LogP contribution >= 0.6 is 11.3 Å². The highest BCUT2D eigenvalue weighted by atomic mass is 32.1. The molecule has 1 amide bonds. The van der Waals surface area contributed by atoms with Gasteiger partial charge in [-0.3, -0.25) is 9.59 Å². The largest absolute Gasteiger partial charge is 0.460 e. The van der Waals surface area contributed by atoms with Gasteiger partial charge in [0.15, 0.2) is 0 Å². The summed E-state index contributed by atoms with van der Waals surface area (Å²) in [5, 5.41) is 0.988. The SMILES string of the molecule is Cc1nc(C)c(COC(=O)[C@@H]2CCCN(C(=O)C3CC3)C2)s1. The average molecular weight is 322 g/mol. The molecule has 1 aliphatic carbocycles. The Balaban J connectivity index is 1.53. The van der Waals surface area contributed by atoms with Gasteiger partial charge in [-0.2, -0.15) is 0 Å². The lowest BCUT2D eigenvalue weighted by atomic mass is 9.98. The molecular formula is C16H22N2O3S. The molecule has 0 aromatic carbocycles. The highest BCUT2D eigenvalue weighted by Crippen LogP contribution is 2.32. The molecule has 2 heterocycles. The second kappa shape index (κ2) is 6.36. The van der Waals surface area contributed by atoms with Crippen LogP contribution in [0.25, 0.3) is 0 Å². The van der Waals surface area contributed by atoms with Crippen LogP contribution in [0.4, 0.5) is 0 Å². The van der Waals surface area contributed by atoms with Crippen molar-refractivity contribution in [1.29, 1.82) is 0 Å². The molecule has 2 aliphatic rings. The number of hydrogen-bond donors (Lipinski definition) is 0. The van der Waals surface area contributed by atoms with Crippen molar-refractivity contribution < 1.29 is 14.3 Å². The minimum absolute atomic E-state index is 0.175.